The number of hydrogen-bond acceptors (Lipinski definition) is 7. The molecule has 8 nitrogen and oxygen atoms in total. The van der Waals surface area contributed by atoms with Crippen LogP contribution < -0.4 is 10.1 Å². The van der Waals surface area contributed by atoms with E-state index < -0.39 is 10.8 Å². The molecule has 0 aliphatic heterocycles. The standard InChI is InChI=1S/C20H20N4O4S/c1-23(2)10-11-28-18-9-4-3-8-16(18)17-13-29-20(21-17)22-19(25)14-6-5-7-15(12-14)24(26)27/h3-9,12-13H,10-11H2,1-2H3,(H,21,22,25). The highest BCUT2D eigenvalue weighted by Gasteiger charge is 2.15. The van der Waals surface area contributed by atoms with Gasteiger partial charge >= 0.3 is 0 Å². The van der Waals surface area contributed by atoms with Gasteiger partial charge in [-0.3, -0.25) is 20.2 Å². The second-order valence-electron chi connectivity index (χ2n) is 6.45. The number of non-ortho nitro benzene ring substituents is 1. The predicted octanol–water partition coefficient (Wildman–Crippen LogP) is 3.91. The van der Waals surface area contributed by atoms with Gasteiger partial charge in [0.05, 0.1) is 10.6 Å². The lowest BCUT2D eigenvalue weighted by molar-refractivity contribution is -0.384. The first-order chi connectivity index (χ1) is 13.9. The van der Waals surface area contributed by atoms with Crippen molar-refractivity contribution in [3.05, 3.63) is 69.6 Å². The fourth-order valence-corrected chi connectivity index (χ4v) is 3.23. The minimum atomic E-state index is -0.536. The maximum atomic E-state index is 12.4. The zero-order chi connectivity index (χ0) is 20.8. The van der Waals surface area contributed by atoms with Gasteiger partial charge in [-0.05, 0) is 32.3 Å². The van der Waals surface area contributed by atoms with Crippen LogP contribution in [-0.2, 0) is 0 Å². The summed E-state index contributed by atoms with van der Waals surface area (Å²) in [5, 5.41) is 15.8. The first-order valence-electron chi connectivity index (χ1n) is 8.82. The van der Waals surface area contributed by atoms with Crippen molar-refractivity contribution in [2.24, 2.45) is 0 Å². The smallest absolute Gasteiger partial charge is 0.270 e. The summed E-state index contributed by atoms with van der Waals surface area (Å²) in [7, 11) is 3.96. The number of thiazole rings is 1. The lowest BCUT2D eigenvalue weighted by Gasteiger charge is -2.13. The van der Waals surface area contributed by atoms with E-state index in [2.05, 4.69) is 10.3 Å². The van der Waals surface area contributed by atoms with E-state index in [1.54, 1.807) is 0 Å². The number of para-hydroxylation sites is 1. The Balaban J connectivity index is 1.74. The Morgan fingerprint density at radius 1 is 1.24 bits per heavy atom. The molecule has 3 rings (SSSR count). The van der Waals surface area contributed by atoms with Gasteiger partial charge in [-0.1, -0.05) is 18.2 Å². The van der Waals surface area contributed by atoms with Gasteiger partial charge in [-0.25, -0.2) is 4.98 Å². The summed E-state index contributed by atoms with van der Waals surface area (Å²) in [6.07, 6.45) is 0. The topological polar surface area (TPSA) is 97.6 Å². The fraction of sp³-hybridized carbons (Fsp3) is 0.200. The first-order valence-corrected chi connectivity index (χ1v) is 9.70. The van der Waals surface area contributed by atoms with Crippen molar-refractivity contribution in [1.29, 1.82) is 0 Å². The minimum Gasteiger partial charge on any atom is -0.492 e. The molecule has 0 aliphatic rings. The molecule has 1 N–H and O–H groups in total. The van der Waals surface area contributed by atoms with Crippen LogP contribution in [0.15, 0.2) is 53.9 Å². The van der Waals surface area contributed by atoms with Gasteiger partial charge in [-0.15, -0.1) is 11.3 Å². The third kappa shape index (κ3) is 5.37. The number of carbonyl (C=O) groups excluding carboxylic acids is 1. The van der Waals surface area contributed by atoms with Gasteiger partial charge < -0.3 is 9.64 Å². The lowest BCUT2D eigenvalue weighted by Crippen LogP contribution is -2.19. The lowest BCUT2D eigenvalue weighted by atomic mass is 10.1. The second kappa shape index (κ2) is 9.26. The number of anilines is 1. The number of nitro benzene ring substituents is 1. The van der Waals surface area contributed by atoms with Gasteiger partial charge in [0, 0.05) is 35.2 Å². The second-order valence-corrected chi connectivity index (χ2v) is 7.31. The number of nitrogens with one attached hydrogen (secondary N) is 1. The molecule has 0 spiro atoms. The van der Waals surface area contributed by atoms with Crippen molar-refractivity contribution >= 4 is 28.1 Å². The van der Waals surface area contributed by atoms with Crippen molar-refractivity contribution in [1.82, 2.24) is 9.88 Å². The van der Waals surface area contributed by atoms with Crippen LogP contribution in [0.2, 0.25) is 0 Å². The van der Waals surface area contributed by atoms with E-state index in [0.717, 1.165) is 17.9 Å². The molecule has 0 aliphatic carbocycles. The third-order valence-electron chi connectivity index (χ3n) is 4.00. The number of benzene rings is 2. The zero-order valence-electron chi connectivity index (χ0n) is 16.0. The molecule has 29 heavy (non-hydrogen) atoms. The Bertz CT molecular complexity index is 1020. The Morgan fingerprint density at radius 3 is 2.79 bits per heavy atom. The molecular formula is C20H20N4O4S. The predicted molar refractivity (Wildman–Crippen MR) is 113 cm³/mol. The van der Waals surface area contributed by atoms with Crippen LogP contribution in [0.1, 0.15) is 10.4 Å². The van der Waals surface area contributed by atoms with Crippen LogP contribution >= 0.6 is 11.3 Å². The third-order valence-corrected chi connectivity index (χ3v) is 4.76. The summed E-state index contributed by atoms with van der Waals surface area (Å²) >= 11 is 1.27. The highest BCUT2D eigenvalue weighted by Crippen LogP contribution is 2.32. The van der Waals surface area contributed by atoms with Crippen molar-refractivity contribution in [2.75, 3.05) is 32.6 Å². The van der Waals surface area contributed by atoms with Crippen molar-refractivity contribution in [3.63, 3.8) is 0 Å². The summed E-state index contributed by atoms with van der Waals surface area (Å²) in [4.78, 5) is 29.3. The monoisotopic (exact) mass is 412 g/mol. The SMILES string of the molecule is CN(C)CCOc1ccccc1-c1csc(NC(=O)c2cccc([N+](=O)[O-])c2)n1. The summed E-state index contributed by atoms with van der Waals surface area (Å²) in [6, 6.07) is 13.1. The van der Waals surface area contributed by atoms with E-state index in [-0.39, 0.29) is 11.3 Å². The van der Waals surface area contributed by atoms with Crippen molar-refractivity contribution in [3.8, 4) is 17.0 Å². The number of amides is 1. The minimum absolute atomic E-state index is 0.138. The molecular weight excluding hydrogens is 392 g/mol. The molecule has 9 heteroatoms. The van der Waals surface area contributed by atoms with Gasteiger partial charge in [-0.2, -0.15) is 0 Å². The van der Waals surface area contributed by atoms with Crippen LogP contribution in [0, 0.1) is 10.1 Å². The number of likely N-dealkylation sites (N-methyl/N-ethyl adjacent to an activating group) is 1. The van der Waals surface area contributed by atoms with Crippen molar-refractivity contribution in [2.45, 2.75) is 0 Å². The average molecular weight is 412 g/mol. The van der Waals surface area contributed by atoms with E-state index in [1.165, 1.54) is 35.6 Å². The molecule has 1 aromatic heterocycles. The van der Waals surface area contributed by atoms with Crippen molar-refractivity contribution < 1.29 is 14.5 Å². The maximum Gasteiger partial charge on any atom is 0.270 e. The molecule has 0 saturated carbocycles. The van der Waals surface area contributed by atoms with E-state index in [1.807, 2.05) is 48.6 Å². The summed E-state index contributed by atoms with van der Waals surface area (Å²) in [6.45, 7) is 1.33. The number of nitro groups is 1. The summed E-state index contributed by atoms with van der Waals surface area (Å²) in [5.74, 6) is 0.265. The number of ether oxygens (including phenoxy) is 1. The Hall–Kier alpha value is -3.30. The van der Waals surface area contributed by atoms with Crippen LogP contribution in [0.5, 0.6) is 5.75 Å². The Kier molecular flexibility index (Phi) is 6.53. The average Bonchev–Trinajstić information content (AvgIpc) is 3.16. The van der Waals surface area contributed by atoms with Gasteiger partial charge in [0.1, 0.15) is 12.4 Å². The van der Waals surface area contributed by atoms with E-state index in [9.17, 15) is 14.9 Å². The highest BCUT2D eigenvalue weighted by molar-refractivity contribution is 7.14. The quantitative estimate of drug-likeness (QED) is 0.445. The molecule has 3 aromatic rings. The number of rotatable bonds is 8. The fourth-order valence-electron chi connectivity index (χ4n) is 2.53. The van der Waals surface area contributed by atoms with Crippen LogP contribution in [-0.4, -0.2) is 48.0 Å². The van der Waals surface area contributed by atoms with Crippen LogP contribution in [0.3, 0.4) is 0 Å². The molecule has 0 atom stereocenters. The van der Waals surface area contributed by atoms with Gasteiger partial charge in [0.15, 0.2) is 5.13 Å². The molecule has 0 unspecified atom stereocenters. The molecule has 0 bridgehead atoms. The number of aromatic nitrogens is 1. The molecule has 1 amide bonds. The largest absolute Gasteiger partial charge is 0.492 e. The molecule has 150 valence electrons. The molecule has 0 saturated heterocycles. The molecule has 0 fully saturated rings. The number of carbonyl (C=O) groups is 1. The van der Waals surface area contributed by atoms with E-state index in [0.29, 0.717) is 17.4 Å². The van der Waals surface area contributed by atoms with Gasteiger partial charge in [0.25, 0.3) is 11.6 Å². The Labute approximate surface area is 171 Å². The summed E-state index contributed by atoms with van der Waals surface area (Å²) in [5.41, 5.74) is 1.58. The molecule has 1 heterocycles. The van der Waals surface area contributed by atoms with Crippen LogP contribution in [0.25, 0.3) is 11.3 Å². The normalized spacial score (nSPS) is 10.7. The van der Waals surface area contributed by atoms with Gasteiger partial charge in [0.2, 0.25) is 0 Å². The first kappa shape index (κ1) is 20.4. The maximum absolute atomic E-state index is 12.4. The molecule has 0 radical (unpaired) electrons. The van der Waals surface area contributed by atoms with Crippen LogP contribution in [0.4, 0.5) is 10.8 Å². The number of nitrogens with zero attached hydrogens (tertiary/aromatic N) is 3. The Morgan fingerprint density at radius 2 is 2.03 bits per heavy atom. The van der Waals surface area contributed by atoms with E-state index >= 15 is 0 Å². The van der Waals surface area contributed by atoms with E-state index in [4.69, 9.17) is 4.74 Å². The summed E-state index contributed by atoms with van der Waals surface area (Å²) < 4.78 is 5.87. The molecule has 2 aromatic carbocycles. The zero-order valence-corrected chi connectivity index (χ0v) is 16.8. The number of hydrogen-bond donors (Lipinski definition) is 1. The highest BCUT2D eigenvalue weighted by atomic mass is 32.1.